The molecule has 3 aromatic rings. The molecule has 5 rings (SSSR count). The molecule has 1 aromatic carbocycles. The van der Waals surface area contributed by atoms with Gasteiger partial charge in [-0.2, -0.15) is 5.10 Å². The van der Waals surface area contributed by atoms with Crippen LogP contribution >= 0.6 is 24.0 Å². The monoisotopic (exact) mass is 561 g/mol. The number of benzene rings is 1. The van der Waals surface area contributed by atoms with Crippen LogP contribution in [0.4, 0.5) is 0 Å². The van der Waals surface area contributed by atoms with Crippen LogP contribution in [-0.2, 0) is 13.0 Å². The minimum Gasteiger partial charge on any atom is -0.493 e. The zero-order chi connectivity index (χ0) is 21.6. The molecule has 2 aromatic heterocycles. The SMILES string of the molecule is I.c1coc(CCNC(=NCc2ccn(C3CCCC3)n2)NC2CCOc3ccccc32)c1. The zero-order valence-corrected chi connectivity index (χ0v) is 21.1. The first-order valence-electron chi connectivity index (χ1n) is 11.7. The number of fused-ring (bicyclic) bond motifs is 1. The highest BCUT2D eigenvalue weighted by Crippen LogP contribution is 2.31. The van der Waals surface area contributed by atoms with Gasteiger partial charge in [0.1, 0.15) is 11.5 Å². The normalized spacial score (nSPS) is 18.3. The van der Waals surface area contributed by atoms with Crippen LogP contribution in [0.25, 0.3) is 0 Å². The zero-order valence-electron chi connectivity index (χ0n) is 18.8. The molecule has 1 saturated carbocycles. The van der Waals surface area contributed by atoms with Gasteiger partial charge in [-0.05, 0) is 37.1 Å². The van der Waals surface area contributed by atoms with E-state index >= 15 is 0 Å². The Labute approximate surface area is 212 Å². The molecule has 176 valence electrons. The van der Waals surface area contributed by atoms with Gasteiger partial charge in [0.25, 0.3) is 0 Å². The lowest BCUT2D eigenvalue weighted by molar-refractivity contribution is 0.261. The van der Waals surface area contributed by atoms with Gasteiger partial charge in [0.15, 0.2) is 5.96 Å². The fraction of sp³-hybridized carbons (Fsp3) is 0.440. The van der Waals surface area contributed by atoms with Gasteiger partial charge in [-0.15, -0.1) is 24.0 Å². The van der Waals surface area contributed by atoms with Gasteiger partial charge in [0.2, 0.25) is 0 Å². The highest BCUT2D eigenvalue weighted by molar-refractivity contribution is 14.0. The molecule has 0 radical (unpaired) electrons. The first-order valence-corrected chi connectivity index (χ1v) is 11.7. The molecule has 33 heavy (non-hydrogen) atoms. The predicted molar refractivity (Wildman–Crippen MR) is 139 cm³/mol. The smallest absolute Gasteiger partial charge is 0.192 e. The highest BCUT2D eigenvalue weighted by atomic mass is 127. The third-order valence-electron chi connectivity index (χ3n) is 6.27. The lowest BCUT2D eigenvalue weighted by atomic mass is 10.0. The molecule has 1 aliphatic heterocycles. The van der Waals surface area contributed by atoms with Crippen molar-refractivity contribution in [1.82, 2.24) is 20.4 Å². The van der Waals surface area contributed by atoms with E-state index < -0.39 is 0 Å². The number of aliphatic imine (C=N–C) groups is 1. The number of rotatable bonds is 7. The summed E-state index contributed by atoms with van der Waals surface area (Å²) < 4.78 is 13.4. The molecule has 2 aliphatic rings. The fourth-order valence-corrected chi connectivity index (χ4v) is 4.56. The Morgan fingerprint density at radius 3 is 2.82 bits per heavy atom. The maximum Gasteiger partial charge on any atom is 0.192 e. The summed E-state index contributed by atoms with van der Waals surface area (Å²) in [7, 11) is 0. The molecule has 1 aliphatic carbocycles. The lowest BCUT2D eigenvalue weighted by Gasteiger charge is -2.28. The van der Waals surface area contributed by atoms with E-state index in [9.17, 15) is 0 Å². The topological polar surface area (TPSA) is 76.6 Å². The van der Waals surface area contributed by atoms with Crippen LogP contribution < -0.4 is 15.4 Å². The molecule has 8 heteroatoms. The van der Waals surface area contributed by atoms with Gasteiger partial charge in [-0.25, -0.2) is 4.99 Å². The first kappa shape index (κ1) is 23.7. The summed E-state index contributed by atoms with van der Waals surface area (Å²) in [6, 6.07) is 14.9. The summed E-state index contributed by atoms with van der Waals surface area (Å²) in [4.78, 5) is 4.87. The molecular formula is C25H32IN5O2. The van der Waals surface area contributed by atoms with Gasteiger partial charge in [0.05, 0.1) is 37.2 Å². The second kappa shape index (κ2) is 11.6. The summed E-state index contributed by atoms with van der Waals surface area (Å²) in [5.41, 5.74) is 2.17. The number of halogens is 1. The largest absolute Gasteiger partial charge is 0.493 e. The van der Waals surface area contributed by atoms with Gasteiger partial charge in [-0.1, -0.05) is 31.0 Å². The van der Waals surface area contributed by atoms with Crippen molar-refractivity contribution in [3.63, 3.8) is 0 Å². The molecule has 1 unspecified atom stereocenters. The molecule has 0 spiro atoms. The van der Waals surface area contributed by atoms with Crippen molar-refractivity contribution in [2.75, 3.05) is 13.2 Å². The van der Waals surface area contributed by atoms with Gasteiger partial charge >= 0.3 is 0 Å². The Morgan fingerprint density at radius 2 is 1.97 bits per heavy atom. The average Bonchev–Trinajstić information content (AvgIpc) is 3.60. The molecule has 0 amide bonds. The third-order valence-corrected chi connectivity index (χ3v) is 6.27. The maximum absolute atomic E-state index is 5.82. The van der Waals surface area contributed by atoms with E-state index in [1.54, 1.807) is 6.26 Å². The molecule has 0 saturated heterocycles. The van der Waals surface area contributed by atoms with E-state index in [-0.39, 0.29) is 30.0 Å². The average molecular weight is 561 g/mol. The standard InChI is InChI=1S/C25H31N5O2.HI/c1-2-7-20(6-1)30-15-12-19(29-30)18-27-25(26-14-11-21-8-5-16-31-21)28-23-13-17-32-24-10-4-3-9-22(23)24;/h3-5,8-10,12,15-16,20,23H,1-2,6-7,11,13-14,17-18H2,(H2,26,27,28);1H. The summed E-state index contributed by atoms with van der Waals surface area (Å²) in [6.07, 6.45) is 10.6. The van der Waals surface area contributed by atoms with E-state index in [4.69, 9.17) is 19.2 Å². The molecule has 3 heterocycles. The minimum absolute atomic E-state index is 0. The Balaban J connectivity index is 0.00000259. The molecular weight excluding hydrogens is 529 g/mol. The number of aromatic nitrogens is 2. The number of hydrogen-bond acceptors (Lipinski definition) is 4. The van der Waals surface area contributed by atoms with Gasteiger partial charge in [-0.3, -0.25) is 4.68 Å². The van der Waals surface area contributed by atoms with Crippen molar-refractivity contribution >= 4 is 29.9 Å². The summed E-state index contributed by atoms with van der Waals surface area (Å²) in [6.45, 7) is 1.97. The van der Waals surface area contributed by atoms with Gasteiger partial charge < -0.3 is 19.8 Å². The molecule has 2 N–H and O–H groups in total. The summed E-state index contributed by atoms with van der Waals surface area (Å²) in [5.74, 6) is 2.69. The Kier molecular flexibility index (Phi) is 8.30. The highest BCUT2D eigenvalue weighted by Gasteiger charge is 2.22. The van der Waals surface area contributed by atoms with Crippen LogP contribution in [0.5, 0.6) is 5.75 Å². The van der Waals surface area contributed by atoms with Crippen LogP contribution in [0.1, 0.15) is 61.2 Å². The van der Waals surface area contributed by atoms with E-state index in [1.807, 2.05) is 24.3 Å². The van der Waals surface area contributed by atoms with Crippen molar-refractivity contribution in [3.8, 4) is 5.75 Å². The van der Waals surface area contributed by atoms with E-state index in [2.05, 4.69) is 39.7 Å². The van der Waals surface area contributed by atoms with Crippen LogP contribution in [0, 0.1) is 0 Å². The summed E-state index contributed by atoms with van der Waals surface area (Å²) in [5, 5.41) is 11.9. The van der Waals surface area contributed by atoms with Crippen molar-refractivity contribution in [2.24, 2.45) is 4.99 Å². The third kappa shape index (κ3) is 6.10. The summed E-state index contributed by atoms with van der Waals surface area (Å²) >= 11 is 0. The van der Waals surface area contributed by atoms with Crippen LogP contribution in [0.2, 0.25) is 0 Å². The van der Waals surface area contributed by atoms with Crippen LogP contribution in [0.15, 0.2) is 64.3 Å². The quantitative estimate of drug-likeness (QED) is 0.241. The second-order valence-corrected chi connectivity index (χ2v) is 8.52. The fourth-order valence-electron chi connectivity index (χ4n) is 4.56. The number of guanidine groups is 1. The minimum atomic E-state index is 0. The van der Waals surface area contributed by atoms with E-state index in [0.717, 1.165) is 42.5 Å². The number of ether oxygens (including phenoxy) is 1. The van der Waals surface area contributed by atoms with Crippen molar-refractivity contribution < 1.29 is 9.15 Å². The number of nitrogens with zero attached hydrogens (tertiary/aromatic N) is 3. The lowest BCUT2D eigenvalue weighted by Crippen LogP contribution is -2.41. The molecule has 1 fully saturated rings. The van der Waals surface area contributed by atoms with Crippen LogP contribution in [-0.4, -0.2) is 28.9 Å². The number of para-hydroxylation sites is 1. The molecule has 7 nitrogen and oxygen atoms in total. The first-order chi connectivity index (χ1) is 15.8. The van der Waals surface area contributed by atoms with Crippen LogP contribution in [0.3, 0.4) is 0 Å². The van der Waals surface area contributed by atoms with Crippen molar-refractivity contribution in [3.05, 3.63) is 71.9 Å². The van der Waals surface area contributed by atoms with Crippen molar-refractivity contribution in [1.29, 1.82) is 0 Å². The van der Waals surface area contributed by atoms with E-state index in [0.29, 0.717) is 19.2 Å². The number of hydrogen-bond donors (Lipinski definition) is 2. The molecule has 0 bridgehead atoms. The maximum atomic E-state index is 5.82. The number of furan rings is 1. The molecule has 1 atom stereocenters. The Morgan fingerprint density at radius 1 is 1.09 bits per heavy atom. The van der Waals surface area contributed by atoms with Gasteiger partial charge in [0, 0.05) is 31.1 Å². The Hall–Kier alpha value is -2.49. The second-order valence-electron chi connectivity index (χ2n) is 8.52. The van der Waals surface area contributed by atoms with E-state index in [1.165, 1.54) is 31.2 Å². The number of nitrogens with one attached hydrogen (secondary N) is 2. The Bertz CT molecular complexity index is 1030. The predicted octanol–water partition coefficient (Wildman–Crippen LogP) is 5.01. The van der Waals surface area contributed by atoms with Crippen molar-refractivity contribution in [2.45, 2.75) is 57.2 Å².